The second-order valence-corrected chi connectivity index (χ2v) is 6.14. The van der Waals surface area contributed by atoms with Gasteiger partial charge in [-0.25, -0.2) is 4.98 Å². The average molecular weight is 267 g/mol. The van der Waals surface area contributed by atoms with Crippen molar-refractivity contribution in [3.8, 4) is 0 Å². The number of nitrogens with zero attached hydrogens (tertiary/aromatic N) is 1. The van der Waals surface area contributed by atoms with E-state index in [1.807, 2.05) is 6.20 Å². The molecule has 0 spiro atoms. The third kappa shape index (κ3) is 1.92. The first-order valence-electron chi connectivity index (χ1n) is 3.12. The Morgan fingerprint density at radius 2 is 2.10 bits per heavy atom. The summed E-state index contributed by atoms with van der Waals surface area (Å²) < 4.78 is 1.27. The highest BCUT2D eigenvalue weighted by molar-refractivity contribution is 14.1. The maximum absolute atomic E-state index is 4.30. The number of aromatic nitrogens is 1. The quantitative estimate of drug-likeness (QED) is 0.658. The second-order valence-electron chi connectivity index (χ2n) is 3.22. The zero-order chi connectivity index (χ0) is 7.78. The number of halogens is 1. The summed E-state index contributed by atoms with van der Waals surface area (Å²) in [5, 5.41) is 1.22. The molecule has 0 aliphatic carbocycles. The smallest absolute Gasteiger partial charge is 0.0989 e. The minimum Gasteiger partial charge on any atom is -0.248 e. The van der Waals surface area contributed by atoms with Crippen LogP contribution in [0.15, 0.2) is 6.20 Å². The van der Waals surface area contributed by atoms with Crippen LogP contribution in [0, 0.1) is 2.88 Å². The highest BCUT2D eigenvalue weighted by Crippen LogP contribution is 2.27. The van der Waals surface area contributed by atoms with Crippen molar-refractivity contribution in [2.24, 2.45) is 0 Å². The predicted octanol–water partition coefficient (Wildman–Crippen LogP) is 3.05. The van der Waals surface area contributed by atoms with E-state index in [9.17, 15) is 0 Å². The second kappa shape index (κ2) is 2.77. The van der Waals surface area contributed by atoms with Crippen LogP contribution in [0.2, 0.25) is 0 Å². The molecule has 0 unspecified atom stereocenters. The van der Waals surface area contributed by atoms with E-state index in [1.165, 1.54) is 7.89 Å². The topological polar surface area (TPSA) is 12.9 Å². The Morgan fingerprint density at radius 3 is 2.30 bits per heavy atom. The number of hydrogen-bond acceptors (Lipinski definition) is 2. The maximum Gasteiger partial charge on any atom is 0.0989 e. The van der Waals surface area contributed by atoms with Gasteiger partial charge in [0.05, 0.1) is 14.1 Å². The molecule has 0 radical (unpaired) electrons. The van der Waals surface area contributed by atoms with E-state index in [4.69, 9.17) is 0 Å². The summed E-state index contributed by atoms with van der Waals surface area (Å²) >= 11 is 4.07. The fraction of sp³-hybridized carbons (Fsp3) is 0.571. The molecule has 56 valence electrons. The molecule has 0 fully saturated rings. The monoisotopic (exact) mass is 267 g/mol. The standard InChI is InChI=1S/C7H10INS/c1-7(2,3)6-9-4-5(8)10-6/h4H,1-3H3. The lowest BCUT2D eigenvalue weighted by Crippen LogP contribution is -2.09. The molecule has 0 N–H and O–H groups in total. The van der Waals surface area contributed by atoms with Crippen LogP contribution in [0.1, 0.15) is 25.8 Å². The summed E-state index contributed by atoms with van der Waals surface area (Å²) in [4.78, 5) is 4.30. The summed E-state index contributed by atoms with van der Waals surface area (Å²) in [5.74, 6) is 0. The van der Waals surface area contributed by atoms with Crippen LogP contribution in [0.3, 0.4) is 0 Å². The largest absolute Gasteiger partial charge is 0.248 e. The molecule has 1 aromatic rings. The van der Waals surface area contributed by atoms with Crippen LogP contribution in [0.25, 0.3) is 0 Å². The van der Waals surface area contributed by atoms with Crippen LogP contribution in [0.5, 0.6) is 0 Å². The Balaban J connectivity index is 2.96. The predicted molar refractivity (Wildman–Crippen MR) is 53.5 cm³/mol. The van der Waals surface area contributed by atoms with Crippen LogP contribution < -0.4 is 0 Å². The Morgan fingerprint density at radius 1 is 1.50 bits per heavy atom. The minimum atomic E-state index is 0.216. The zero-order valence-corrected chi connectivity index (χ0v) is 9.28. The third-order valence-corrected chi connectivity index (χ3v) is 3.27. The van der Waals surface area contributed by atoms with Crippen molar-refractivity contribution in [1.82, 2.24) is 4.98 Å². The highest BCUT2D eigenvalue weighted by Gasteiger charge is 2.16. The van der Waals surface area contributed by atoms with Crippen molar-refractivity contribution in [2.75, 3.05) is 0 Å². The van der Waals surface area contributed by atoms with Crippen LogP contribution in [-0.2, 0) is 5.41 Å². The van der Waals surface area contributed by atoms with Gasteiger partial charge in [-0.15, -0.1) is 11.3 Å². The molecule has 0 aromatic carbocycles. The van der Waals surface area contributed by atoms with E-state index < -0.39 is 0 Å². The molecule has 0 atom stereocenters. The van der Waals surface area contributed by atoms with Crippen molar-refractivity contribution in [2.45, 2.75) is 26.2 Å². The van der Waals surface area contributed by atoms with Gasteiger partial charge in [-0.2, -0.15) is 0 Å². The van der Waals surface area contributed by atoms with Gasteiger partial charge in [-0.1, -0.05) is 20.8 Å². The SMILES string of the molecule is CC(C)(C)c1ncc(I)s1. The summed E-state index contributed by atoms with van der Waals surface area (Å²) in [6.07, 6.45) is 1.92. The van der Waals surface area contributed by atoms with E-state index in [2.05, 4.69) is 48.3 Å². The molecule has 1 rings (SSSR count). The molecule has 1 aromatic heterocycles. The Labute approximate surface area is 79.0 Å². The molecule has 1 heterocycles. The lowest BCUT2D eigenvalue weighted by Gasteiger charge is -2.13. The van der Waals surface area contributed by atoms with Crippen LogP contribution in [-0.4, -0.2) is 4.98 Å². The van der Waals surface area contributed by atoms with Crippen molar-refractivity contribution >= 4 is 33.9 Å². The molecule has 0 aliphatic rings. The Kier molecular flexibility index (Phi) is 2.34. The van der Waals surface area contributed by atoms with E-state index >= 15 is 0 Å². The minimum absolute atomic E-state index is 0.216. The molecular weight excluding hydrogens is 257 g/mol. The van der Waals surface area contributed by atoms with Crippen LogP contribution in [0.4, 0.5) is 0 Å². The molecule has 0 saturated carbocycles. The molecule has 0 aliphatic heterocycles. The normalized spacial score (nSPS) is 12.0. The van der Waals surface area contributed by atoms with Gasteiger partial charge in [0.25, 0.3) is 0 Å². The Hall–Kier alpha value is 0.360. The molecule has 0 bridgehead atoms. The molecule has 0 saturated heterocycles. The van der Waals surface area contributed by atoms with Gasteiger partial charge in [0, 0.05) is 5.41 Å². The van der Waals surface area contributed by atoms with E-state index in [1.54, 1.807) is 11.3 Å². The van der Waals surface area contributed by atoms with Gasteiger partial charge in [-0.3, -0.25) is 0 Å². The van der Waals surface area contributed by atoms with Gasteiger partial charge in [0.1, 0.15) is 0 Å². The van der Waals surface area contributed by atoms with Crippen molar-refractivity contribution < 1.29 is 0 Å². The van der Waals surface area contributed by atoms with Crippen molar-refractivity contribution in [3.05, 3.63) is 14.1 Å². The summed E-state index contributed by atoms with van der Waals surface area (Å²) in [6.45, 7) is 6.55. The fourth-order valence-electron chi connectivity index (χ4n) is 0.601. The Bertz CT molecular complexity index is 224. The van der Waals surface area contributed by atoms with Gasteiger partial charge < -0.3 is 0 Å². The average Bonchev–Trinajstić information content (AvgIpc) is 2.11. The van der Waals surface area contributed by atoms with Gasteiger partial charge in [-0.05, 0) is 22.6 Å². The lowest BCUT2D eigenvalue weighted by atomic mass is 9.98. The van der Waals surface area contributed by atoms with E-state index in [0.717, 1.165) is 0 Å². The van der Waals surface area contributed by atoms with Crippen molar-refractivity contribution in [3.63, 3.8) is 0 Å². The van der Waals surface area contributed by atoms with Crippen LogP contribution >= 0.6 is 33.9 Å². The zero-order valence-electron chi connectivity index (χ0n) is 6.31. The first-order valence-corrected chi connectivity index (χ1v) is 5.01. The van der Waals surface area contributed by atoms with Gasteiger partial charge in [0.2, 0.25) is 0 Å². The van der Waals surface area contributed by atoms with Gasteiger partial charge >= 0.3 is 0 Å². The first kappa shape index (κ1) is 8.46. The molecule has 3 heteroatoms. The maximum atomic E-state index is 4.30. The fourth-order valence-corrected chi connectivity index (χ4v) is 2.07. The summed E-state index contributed by atoms with van der Waals surface area (Å²) in [7, 11) is 0. The lowest BCUT2D eigenvalue weighted by molar-refractivity contribution is 0.585. The highest BCUT2D eigenvalue weighted by atomic mass is 127. The molecular formula is C7H10INS. The summed E-state index contributed by atoms with van der Waals surface area (Å²) in [6, 6.07) is 0. The van der Waals surface area contributed by atoms with E-state index in [-0.39, 0.29) is 5.41 Å². The molecule has 1 nitrogen and oxygen atoms in total. The van der Waals surface area contributed by atoms with Gasteiger partial charge in [0.15, 0.2) is 0 Å². The van der Waals surface area contributed by atoms with E-state index in [0.29, 0.717) is 0 Å². The number of hydrogen-bond donors (Lipinski definition) is 0. The van der Waals surface area contributed by atoms with Crippen molar-refractivity contribution in [1.29, 1.82) is 0 Å². The first-order chi connectivity index (χ1) is 4.50. The molecule has 10 heavy (non-hydrogen) atoms. The number of thiazole rings is 1. The third-order valence-electron chi connectivity index (χ3n) is 1.12. The molecule has 0 amide bonds. The number of rotatable bonds is 0. The summed E-state index contributed by atoms with van der Waals surface area (Å²) in [5.41, 5.74) is 0.216.